The molecule has 1 unspecified atom stereocenters. The molecule has 3 heteroatoms. The van der Waals surface area contributed by atoms with Crippen LogP contribution in [0.3, 0.4) is 0 Å². The van der Waals surface area contributed by atoms with E-state index < -0.39 is 0 Å². The van der Waals surface area contributed by atoms with Crippen LogP contribution in [0.1, 0.15) is 31.7 Å². The van der Waals surface area contributed by atoms with Gasteiger partial charge in [-0.05, 0) is 42.9 Å². The molecule has 1 aliphatic heterocycles. The lowest BCUT2D eigenvalue weighted by molar-refractivity contribution is 0.233. The summed E-state index contributed by atoms with van der Waals surface area (Å²) < 4.78 is 0. The molecule has 0 radical (unpaired) electrons. The fourth-order valence-electron chi connectivity index (χ4n) is 2.50. The maximum atomic E-state index is 8.97. The van der Waals surface area contributed by atoms with Crippen molar-refractivity contribution in [2.75, 3.05) is 31.1 Å². The molecule has 1 saturated heterocycles. The van der Waals surface area contributed by atoms with Gasteiger partial charge in [-0.15, -0.1) is 0 Å². The largest absolute Gasteiger partial charge is 0.396 e. The van der Waals surface area contributed by atoms with Crippen molar-refractivity contribution in [3.63, 3.8) is 0 Å². The van der Waals surface area contributed by atoms with Gasteiger partial charge < -0.3 is 15.3 Å². The Hall–Kier alpha value is -1.06. The summed E-state index contributed by atoms with van der Waals surface area (Å²) in [6.45, 7) is 6.44. The number of hydrogen-bond acceptors (Lipinski definition) is 3. The van der Waals surface area contributed by atoms with Crippen LogP contribution in [0, 0.1) is 5.92 Å². The van der Waals surface area contributed by atoms with Gasteiger partial charge in [0.05, 0.1) is 0 Å². The van der Waals surface area contributed by atoms with Gasteiger partial charge in [0.25, 0.3) is 0 Å². The summed E-state index contributed by atoms with van der Waals surface area (Å²) >= 11 is 0. The molecule has 1 aromatic carbocycles. The summed E-state index contributed by atoms with van der Waals surface area (Å²) in [6, 6.07) is 8.89. The Labute approximate surface area is 116 Å². The number of piperidine rings is 1. The van der Waals surface area contributed by atoms with Gasteiger partial charge in [0.1, 0.15) is 0 Å². The average molecular weight is 262 g/mol. The zero-order chi connectivity index (χ0) is 13.5. The monoisotopic (exact) mass is 262 g/mol. The predicted octanol–water partition coefficient (Wildman–Crippen LogP) is 2.39. The number of nitrogens with zero attached hydrogens (tertiary/aromatic N) is 1. The molecule has 2 N–H and O–H groups in total. The minimum atomic E-state index is 0.251. The Kier molecular flexibility index (Phi) is 5.67. The van der Waals surface area contributed by atoms with Crippen LogP contribution < -0.4 is 10.2 Å². The normalized spacial score (nSPS) is 17.5. The summed E-state index contributed by atoms with van der Waals surface area (Å²) in [4.78, 5) is 2.48. The number of anilines is 1. The highest BCUT2D eigenvalue weighted by Gasteiger charge is 2.10. The smallest absolute Gasteiger partial charge is 0.0468 e. The molecule has 1 atom stereocenters. The van der Waals surface area contributed by atoms with E-state index in [1.54, 1.807) is 0 Å². The van der Waals surface area contributed by atoms with Crippen molar-refractivity contribution in [3.8, 4) is 0 Å². The topological polar surface area (TPSA) is 35.5 Å². The lowest BCUT2D eigenvalue weighted by atomic mass is 10.1. The Morgan fingerprint density at radius 3 is 2.47 bits per heavy atom. The molecule has 0 aromatic heterocycles. The highest BCUT2D eigenvalue weighted by molar-refractivity contribution is 5.47. The Morgan fingerprint density at radius 2 is 1.84 bits per heavy atom. The number of aliphatic hydroxyl groups excluding tert-OH is 1. The van der Waals surface area contributed by atoms with Gasteiger partial charge in [-0.25, -0.2) is 0 Å². The van der Waals surface area contributed by atoms with Crippen molar-refractivity contribution in [1.82, 2.24) is 5.32 Å². The minimum Gasteiger partial charge on any atom is -0.396 e. The van der Waals surface area contributed by atoms with Crippen LogP contribution in [-0.4, -0.2) is 31.3 Å². The third kappa shape index (κ3) is 4.51. The maximum Gasteiger partial charge on any atom is 0.0468 e. The quantitative estimate of drug-likeness (QED) is 0.826. The van der Waals surface area contributed by atoms with Gasteiger partial charge in [-0.1, -0.05) is 19.1 Å². The molecule has 2 rings (SSSR count). The standard InChI is InChI=1S/C16H26N2O/c1-14(13-19)11-17-12-15-5-7-16(8-6-15)18-9-3-2-4-10-18/h5-8,14,17,19H,2-4,9-13H2,1H3. The average Bonchev–Trinajstić information content (AvgIpc) is 2.48. The van der Waals surface area contributed by atoms with Crippen molar-refractivity contribution >= 4 is 5.69 Å². The molecule has 0 amide bonds. The molecule has 106 valence electrons. The van der Waals surface area contributed by atoms with Crippen molar-refractivity contribution < 1.29 is 5.11 Å². The lowest BCUT2D eigenvalue weighted by Crippen LogP contribution is -2.29. The number of rotatable bonds is 6. The van der Waals surface area contributed by atoms with Gasteiger partial charge in [0.15, 0.2) is 0 Å². The van der Waals surface area contributed by atoms with Crippen molar-refractivity contribution in [1.29, 1.82) is 0 Å². The van der Waals surface area contributed by atoms with E-state index >= 15 is 0 Å². The van der Waals surface area contributed by atoms with Crippen LogP contribution in [0.25, 0.3) is 0 Å². The first-order valence-corrected chi connectivity index (χ1v) is 7.45. The molecule has 1 heterocycles. The number of hydrogen-bond donors (Lipinski definition) is 2. The molecule has 0 aliphatic carbocycles. The van der Waals surface area contributed by atoms with Crippen LogP contribution >= 0.6 is 0 Å². The van der Waals surface area contributed by atoms with Crippen LogP contribution in [-0.2, 0) is 6.54 Å². The summed E-state index contributed by atoms with van der Waals surface area (Å²) in [5.74, 6) is 0.327. The van der Waals surface area contributed by atoms with E-state index in [1.165, 1.54) is 43.6 Å². The number of benzene rings is 1. The zero-order valence-electron chi connectivity index (χ0n) is 11.9. The molecule has 1 aliphatic rings. The molecule has 0 saturated carbocycles. The Morgan fingerprint density at radius 1 is 1.16 bits per heavy atom. The Balaban J connectivity index is 1.80. The first-order valence-electron chi connectivity index (χ1n) is 7.45. The second-order valence-corrected chi connectivity index (χ2v) is 5.63. The predicted molar refractivity (Wildman–Crippen MR) is 80.5 cm³/mol. The van der Waals surface area contributed by atoms with Crippen molar-refractivity contribution in [3.05, 3.63) is 29.8 Å². The van der Waals surface area contributed by atoms with E-state index in [1.807, 2.05) is 6.92 Å². The van der Waals surface area contributed by atoms with Gasteiger partial charge in [0, 0.05) is 38.5 Å². The van der Waals surface area contributed by atoms with Crippen LogP contribution in [0.15, 0.2) is 24.3 Å². The van der Waals surface area contributed by atoms with Gasteiger partial charge in [0.2, 0.25) is 0 Å². The lowest BCUT2D eigenvalue weighted by Gasteiger charge is -2.28. The molecule has 0 spiro atoms. The molecule has 1 aromatic rings. The van der Waals surface area contributed by atoms with E-state index in [0.29, 0.717) is 5.92 Å². The summed E-state index contributed by atoms with van der Waals surface area (Å²) in [5.41, 5.74) is 2.66. The zero-order valence-corrected chi connectivity index (χ0v) is 11.9. The van der Waals surface area contributed by atoms with E-state index in [-0.39, 0.29) is 6.61 Å². The van der Waals surface area contributed by atoms with Gasteiger partial charge in [-0.3, -0.25) is 0 Å². The fourth-order valence-corrected chi connectivity index (χ4v) is 2.50. The highest BCUT2D eigenvalue weighted by atomic mass is 16.3. The van der Waals surface area contributed by atoms with Gasteiger partial charge >= 0.3 is 0 Å². The third-order valence-corrected chi connectivity index (χ3v) is 3.79. The third-order valence-electron chi connectivity index (χ3n) is 3.79. The Bertz CT molecular complexity index is 358. The van der Waals surface area contributed by atoms with E-state index in [4.69, 9.17) is 5.11 Å². The second kappa shape index (κ2) is 7.51. The van der Waals surface area contributed by atoms with Crippen LogP contribution in [0.2, 0.25) is 0 Å². The molecular weight excluding hydrogens is 236 g/mol. The number of aliphatic hydroxyl groups is 1. The summed E-state index contributed by atoms with van der Waals surface area (Å²) in [6.07, 6.45) is 4.02. The first-order chi connectivity index (χ1) is 9.29. The molecule has 0 bridgehead atoms. The molecular formula is C16H26N2O. The minimum absolute atomic E-state index is 0.251. The van der Waals surface area contributed by atoms with E-state index in [9.17, 15) is 0 Å². The van der Waals surface area contributed by atoms with Crippen LogP contribution in [0.4, 0.5) is 5.69 Å². The van der Waals surface area contributed by atoms with Crippen molar-refractivity contribution in [2.45, 2.75) is 32.7 Å². The molecule has 1 fully saturated rings. The van der Waals surface area contributed by atoms with Crippen molar-refractivity contribution in [2.24, 2.45) is 5.92 Å². The molecule has 3 nitrogen and oxygen atoms in total. The van der Waals surface area contributed by atoms with E-state index in [0.717, 1.165) is 13.1 Å². The number of nitrogens with one attached hydrogen (secondary N) is 1. The highest BCUT2D eigenvalue weighted by Crippen LogP contribution is 2.20. The maximum absolute atomic E-state index is 8.97. The summed E-state index contributed by atoms with van der Waals surface area (Å²) in [5, 5.41) is 12.3. The first kappa shape index (κ1) is 14.4. The molecule has 19 heavy (non-hydrogen) atoms. The second-order valence-electron chi connectivity index (χ2n) is 5.63. The van der Waals surface area contributed by atoms with E-state index in [2.05, 4.69) is 34.5 Å². The van der Waals surface area contributed by atoms with Gasteiger partial charge in [-0.2, -0.15) is 0 Å². The van der Waals surface area contributed by atoms with Crippen LogP contribution in [0.5, 0.6) is 0 Å². The summed E-state index contributed by atoms with van der Waals surface area (Å²) in [7, 11) is 0. The SMILES string of the molecule is CC(CO)CNCc1ccc(N2CCCCC2)cc1. The fraction of sp³-hybridized carbons (Fsp3) is 0.625.